The standard InChI is InChI=1S/C12H14ClN3O/c1-12(2,17)7-11-8-14-15-16(11)10-5-3-9(13)4-6-10/h3-6,8,17H,7H2,1-2H3. The minimum atomic E-state index is -0.786. The third-order valence-corrected chi connectivity index (χ3v) is 2.56. The molecule has 0 aliphatic heterocycles. The van der Waals surface area contributed by atoms with Gasteiger partial charge in [0.05, 0.1) is 23.2 Å². The molecule has 17 heavy (non-hydrogen) atoms. The Morgan fingerprint density at radius 2 is 1.94 bits per heavy atom. The maximum absolute atomic E-state index is 9.81. The lowest BCUT2D eigenvalue weighted by Gasteiger charge is -2.17. The lowest BCUT2D eigenvalue weighted by Crippen LogP contribution is -2.23. The second kappa shape index (κ2) is 4.47. The number of aliphatic hydroxyl groups is 1. The summed E-state index contributed by atoms with van der Waals surface area (Å²) in [6.07, 6.45) is 2.15. The first-order valence-electron chi connectivity index (χ1n) is 5.34. The van der Waals surface area contributed by atoms with E-state index in [0.717, 1.165) is 11.4 Å². The van der Waals surface area contributed by atoms with Crippen LogP contribution in [0, 0.1) is 0 Å². The van der Waals surface area contributed by atoms with Crippen LogP contribution in [-0.4, -0.2) is 25.7 Å². The van der Waals surface area contributed by atoms with Crippen molar-refractivity contribution in [2.75, 3.05) is 0 Å². The Labute approximate surface area is 105 Å². The smallest absolute Gasteiger partial charge is 0.0730 e. The van der Waals surface area contributed by atoms with E-state index in [1.54, 1.807) is 36.9 Å². The van der Waals surface area contributed by atoms with Crippen LogP contribution in [0.4, 0.5) is 0 Å². The van der Waals surface area contributed by atoms with Crippen molar-refractivity contribution in [2.45, 2.75) is 25.9 Å². The molecule has 4 nitrogen and oxygen atoms in total. The quantitative estimate of drug-likeness (QED) is 0.910. The van der Waals surface area contributed by atoms with Crippen molar-refractivity contribution in [3.8, 4) is 5.69 Å². The molecule has 0 aliphatic carbocycles. The number of hydrogen-bond donors (Lipinski definition) is 1. The minimum Gasteiger partial charge on any atom is -0.390 e. The van der Waals surface area contributed by atoms with Crippen molar-refractivity contribution in [1.29, 1.82) is 0 Å². The lowest BCUT2D eigenvalue weighted by molar-refractivity contribution is 0.0793. The molecule has 90 valence electrons. The van der Waals surface area contributed by atoms with Gasteiger partial charge < -0.3 is 5.11 Å². The molecule has 0 bridgehead atoms. The van der Waals surface area contributed by atoms with Crippen molar-refractivity contribution >= 4 is 11.6 Å². The van der Waals surface area contributed by atoms with Crippen LogP contribution in [0.1, 0.15) is 19.5 Å². The SMILES string of the molecule is CC(C)(O)Cc1cnnn1-c1ccc(Cl)cc1. The molecule has 0 unspecified atom stereocenters. The third kappa shape index (κ3) is 3.05. The Balaban J connectivity index is 2.33. The van der Waals surface area contributed by atoms with Crippen LogP contribution in [0.3, 0.4) is 0 Å². The topological polar surface area (TPSA) is 50.9 Å². The van der Waals surface area contributed by atoms with Gasteiger partial charge >= 0.3 is 0 Å². The highest BCUT2D eigenvalue weighted by Gasteiger charge is 2.17. The van der Waals surface area contributed by atoms with Gasteiger partial charge in [0.25, 0.3) is 0 Å². The average Bonchev–Trinajstić information content (AvgIpc) is 2.64. The van der Waals surface area contributed by atoms with Gasteiger partial charge in [0.2, 0.25) is 0 Å². The highest BCUT2D eigenvalue weighted by Crippen LogP contribution is 2.17. The van der Waals surface area contributed by atoms with Crippen LogP contribution in [0.15, 0.2) is 30.5 Å². The lowest BCUT2D eigenvalue weighted by atomic mass is 10.0. The van der Waals surface area contributed by atoms with Gasteiger partial charge in [-0.2, -0.15) is 0 Å². The first-order valence-corrected chi connectivity index (χ1v) is 5.71. The molecule has 0 atom stereocenters. The summed E-state index contributed by atoms with van der Waals surface area (Å²) < 4.78 is 1.70. The second-order valence-corrected chi connectivity index (χ2v) is 5.04. The molecule has 5 heteroatoms. The maximum atomic E-state index is 9.81. The van der Waals surface area contributed by atoms with Crippen LogP contribution in [0.5, 0.6) is 0 Å². The summed E-state index contributed by atoms with van der Waals surface area (Å²) >= 11 is 5.83. The van der Waals surface area contributed by atoms with Crippen molar-refractivity contribution in [2.24, 2.45) is 0 Å². The summed E-state index contributed by atoms with van der Waals surface area (Å²) in [6, 6.07) is 7.33. The zero-order chi connectivity index (χ0) is 12.5. The number of halogens is 1. The van der Waals surface area contributed by atoms with Crippen molar-refractivity contribution in [3.05, 3.63) is 41.2 Å². The summed E-state index contributed by atoms with van der Waals surface area (Å²) in [5.41, 5.74) is 0.956. The monoisotopic (exact) mass is 251 g/mol. The zero-order valence-electron chi connectivity index (χ0n) is 9.76. The number of hydrogen-bond acceptors (Lipinski definition) is 3. The Morgan fingerprint density at radius 3 is 2.53 bits per heavy atom. The fourth-order valence-electron chi connectivity index (χ4n) is 1.62. The zero-order valence-corrected chi connectivity index (χ0v) is 10.5. The molecule has 0 spiro atoms. The molecular weight excluding hydrogens is 238 g/mol. The minimum absolute atomic E-state index is 0.489. The second-order valence-electron chi connectivity index (χ2n) is 4.60. The van der Waals surface area contributed by atoms with Crippen molar-refractivity contribution in [3.63, 3.8) is 0 Å². The summed E-state index contributed by atoms with van der Waals surface area (Å²) in [7, 11) is 0. The van der Waals surface area contributed by atoms with Crippen molar-refractivity contribution in [1.82, 2.24) is 15.0 Å². The predicted molar refractivity (Wildman–Crippen MR) is 66.4 cm³/mol. The molecule has 1 aromatic carbocycles. The predicted octanol–water partition coefficient (Wildman–Crippen LogP) is 2.23. The molecule has 1 heterocycles. The molecule has 1 aromatic heterocycles. The van der Waals surface area contributed by atoms with Gasteiger partial charge in [-0.15, -0.1) is 5.10 Å². The van der Waals surface area contributed by atoms with E-state index in [4.69, 9.17) is 11.6 Å². The van der Waals surface area contributed by atoms with Crippen LogP contribution >= 0.6 is 11.6 Å². The summed E-state index contributed by atoms with van der Waals surface area (Å²) in [5.74, 6) is 0. The summed E-state index contributed by atoms with van der Waals surface area (Å²) in [6.45, 7) is 3.51. The maximum Gasteiger partial charge on any atom is 0.0730 e. The van der Waals surface area contributed by atoms with E-state index < -0.39 is 5.60 Å². The molecule has 0 radical (unpaired) electrons. The van der Waals surface area contributed by atoms with E-state index in [1.165, 1.54) is 0 Å². The number of aromatic nitrogens is 3. The van der Waals surface area contributed by atoms with Crippen LogP contribution in [0.25, 0.3) is 5.69 Å². The molecule has 0 saturated carbocycles. The van der Waals surface area contributed by atoms with E-state index in [0.29, 0.717) is 11.4 Å². The van der Waals surface area contributed by atoms with Crippen LogP contribution in [-0.2, 0) is 6.42 Å². The van der Waals surface area contributed by atoms with E-state index in [-0.39, 0.29) is 0 Å². The van der Waals surface area contributed by atoms with Gasteiger partial charge in [0.1, 0.15) is 0 Å². The first-order chi connectivity index (χ1) is 7.96. The van der Waals surface area contributed by atoms with E-state index in [2.05, 4.69) is 10.3 Å². The molecule has 2 aromatic rings. The third-order valence-electron chi connectivity index (χ3n) is 2.30. The van der Waals surface area contributed by atoms with Gasteiger partial charge in [0, 0.05) is 11.4 Å². The number of benzene rings is 1. The molecular formula is C12H14ClN3O. The fourth-order valence-corrected chi connectivity index (χ4v) is 1.75. The Kier molecular flexibility index (Phi) is 3.17. The molecule has 2 rings (SSSR count). The fraction of sp³-hybridized carbons (Fsp3) is 0.333. The number of nitrogens with zero attached hydrogens (tertiary/aromatic N) is 3. The van der Waals surface area contributed by atoms with Crippen molar-refractivity contribution < 1.29 is 5.11 Å². The first kappa shape index (κ1) is 12.1. The highest BCUT2D eigenvalue weighted by molar-refractivity contribution is 6.30. The van der Waals surface area contributed by atoms with Gasteiger partial charge in [-0.25, -0.2) is 4.68 Å². The normalized spacial score (nSPS) is 11.8. The Morgan fingerprint density at radius 1 is 1.29 bits per heavy atom. The number of rotatable bonds is 3. The Bertz CT molecular complexity index is 499. The Hall–Kier alpha value is -1.39. The highest BCUT2D eigenvalue weighted by atomic mass is 35.5. The van der Waals surface area contributed by atoms with E-state index in [9.17, 15) is 5.11 Å². The summed E-state index contributed by atoms with van der Waals surface area (Å²) in [5, 5.41) is 18.4. The van der Waals surface area contributed by atoms with Gasteiger partial charge in [-0.3, -0.25) is 0 Å². The van der Waals surface area contributed by atoms with Gasteiger partial charge in [-0.05, 0) is 38.1 Å². The van der Waals surface area contributed by atoms with E-state index >= 15 is 0 Å². The van der Waals surface area contributed by atoms with Crippen LogP contribution in [0.2, 0.25) is 5.02 Å². The van der Waals surface area contributed by atoms with Gasteiger partial charge in [0.15, 0.2) is 0 Å². The van der Waals surface area contributed by atoms with Crippen LogP contribution < -0.4 is 0 Å². The summed E-state index contributed by atoms with van der Waals surface area (Å²) in [4.78, 5) is 0. The largest absolute Gasteiger partial charge is 0.390 e. The molecule has 0 saturated heterocycles. The molecule has 0 fully saturated rings. The van der Waals surface area contributed by atoms with E-state index in [1.807, 2.05) is 12.1 Å². The molecule has 0 amide bonds. The van der Waals surface area contributed by atoms with Gasteiger partial charge in [-0.1, -0.05) is 16.8 Å². The molecule has 0 aliphatic rings. The average molecular weight is 252 g/mol. The molecule has 1 N–H and O–H groups in total.